The van der Waals surface area contributed by atoms with Gasteiger partial charge in [-0.3, -0.25) is 14.1 Å². The molecule has 2 N–H and O–H groups in total. The molecule has 0 aliphatic carbocycles. The second kappa shape index (κ2) is 12.0. The molecule has 0 bridgehead atoms. The minimum Gasteiger partial charge on any atom is -0.410 e. The predicted molar refractivity (Wildman–Crippen MR) is 125 cm³/mol. The summed E-state index contributed by atoms with van der Waals surface area (Å²) in [5.74, 6) is -0.181. The topological polar surface area (TPSA) is 106 Å². The Morgan fingerprint density at radius 3 is 2.58 bits per heavy atom. The van der Waals surface area contributed by atoms with Crippen LogP contribution in [0.1, 0.15) is 70.6 Å². The van der Waals surface area contributed by atoms with E-state index in [1.165, 1.54) is 22.4 Å². The number of ether oxygens (including phenoxy) is 3. The van der Waals surface area contributed by atoms with Crippen molar-refractivity contribution in [2.75, 3.05) is 12.3 Å². The van der Waals surface area contributed by atoms with Crippen LogP contribution < -0.4 is 11.4 Å². The molecule has 1 aromatic carbocycles. The summed E-state index contributed by atoms with van der Waals surface area (Å²) in [5, 5.41) is 0. The molecule has 8 nitrogen and oxygen atoms in total. The Morgan fingerprint density at radius 2 is 1.88 bits per heavy atom. The van der Waals surface area contributed by atoms with Gasteiger partial charge in [0.25, 0.3) is 0 Å². The number of nitrogen functional groups attached to an aromatic ring is 1. The lowest BCUT2D eigenvalue weighted by atomic mass is 9.77. The number of hydrogen-bond donors (Lipinski definition) is 1. The second-order valence-corrected chi connectivity index (χ2v) is 8.55. The van der Waals surface area contributed by atoms with E-state index in [2.05, 4.69) is 29.2 Å². The van der Waals surface area contributed by atoms with E-state index in [4.69, 9.17) is 19.9 Å². The molecule has 2 aromatic rings. The quantitative estimate of drug-likeness (QED) is 0.376. The average molecular weight is 458 g/mol. The Morgan fingerprint density at radius 1 is 1.15 bits per heavy atom. The van der Waals surface area contributed by atoms with Gasteiger partial charge in [0.2, 0.25) is 0 Å². The normalized spacial score (nSPS) is 18.4. The molecule has 1 saturated heterocycles. The second-order valence-electron chi connectivity index (χ2n) is 8.55. The van der Waals surface area contributed by atoms with Crippen molar-refractivity contribution in [3.63, 3.8) is 0 Å². The van der Waals surface area contributed by atoms with Crippen LogP contribution in [0.5, 0.6) is 0 Å². The molecule has 33 heavy (non-hydrogen) atoms. The standard InChI is InChI=1S/C25H35N3O5/c1-3-25(4-2,16-11-6-5-8-12-19-13-9-7-10-14-19)22(29)33-24-31-18-21(32-24)28-17-15-20(26)27-23(28)30/h7,9-10,13-15,17,21,24H,3-6,8,11-12,16,18H2,1-2H3,(H2,26,27,30). The molecule has 1 fully saturated rings. The zero-order valence-corrected chi connectivity index (χ0v) is 19.6. The first-order chi connectivity index (χ1) is 16.0. The smallest absolute Gasteiger partial charge is 0.351 e. The summed E-state index contributed by atoms with van der Waals surface area (Å²) < 4.78 is 18.0. The highest BCUT2D eigenvalue weighted by atomic mass is 16.9. The van der Waals surface area contributed by atoms with E-state index < -0.39 is 23.8 Å². The first kappa shape index (κ1) is 24.9. The summed E-state index contributed by atoms with van der Waals surface area (Å²) in [6, 6.07) is 12.0. The maximum absolute atomic E-state index is 13.1. The monoisotopic (exact) mass is 457 g/mol. The van der Waals surface area contributed by atoms with Crippen LogP contribution in [0.4, 0.5) is 5.82 Å². The molecule has 2 unspecified atom stereocenters. The van der Waals surface area contributed by atoms with E-state index in [0.29, 0.717) is 12.8 Å². The van der Waals surface area contributed by atoms with Gasteiger partial charge in [-0.25, -0.2) is 4.79 Å². The number of nitrogens with zero attached hydrogens (tertiary/aromatic N) is 2. The van der Waals surface area contributed by atoms with E-state index in [9.17, 15) is 9.59 Å². The van der Waals surface area contributed by atoms with E-state index >= 15 is 0 Å². The minimum atomic E-state index is -1.14. The van der Waals surface area contributed by atoms with Crippen molar-refractivity contribution < 1.29 is 19.0 Å². The molecule has 0 radical (unpaired) electrons. The maximum atomic E-state index is 13.1. The van der Waals surface area contributed by atoms with Crippen LogP contribution in [0, 0.1) is 5.41 Å². The Hall–Kier alpha value is -2.71. The average Bonchev–Trinajstić information content (AvgIpc) is 3.27. The highest BCUT2D eigenvalue weighted by Crippen LogP contribution is 2.36. The molecule has 8 heteroatoms. The molecule has 0 spiro atoms. The Balaban J connectivity index is 1.46. The van der Waals surface area contributed by atoms with Crippen LogP contribution >= 0.6 is 0 Å². The number of anilines is 1. The van der Waals surface area contributed by atoms with Crippen LogP contribution in [0.2, 0.25) is 0 Å². The summed E-state index contributed by atoms with van der Waals surface area (Å²) in [5.41, 5.74) is 5.78. The highest BCUT2D eigenvalue weighted by Gasteiger charge is 2.40. The SMILES string of the molecule is CCC(CC)(CCCCCCc1ccccc1)C(=O)OC1OCC(n2ccc(N)nc2=O)O1. The van der Waals surface area contributed by atoms with Crippen molar-refractivity contribution in [2.45, 2.75) is 77.9 Å². The molecule has 1 aromatic heterocycles. The van der Waals surface area contributed by atoms with E-state index in [-0.39, 0.29) is 18.4 Å². The van der Waals surface area contributed by atoms with Crippen LogP contribution in [-0.4, -0.2) is 28.6 Å². The maximum Gasteiger partial charge on any atom is 0.351 e. The number of aromatic nitrogens is 2. The van der Waals surface area contributed by atoms with Crippen molar-refractivity contribution >= 4 is 11.8 Å². The summed E-state index contributed by atoms with van der Waals surface area (Å²) >= 11 is 0. The number of esters is 1. The summed E-state index contributed by atoms with van der Waals surface area (Å²) in [7, 11) is 0. The van der Waals surface area contributed by atoms with E-state index in [1.807, 2.05) is 19.9 Å². The molecule has 3 rings (SSSR count). The van der Waals surface area contributed by atoms with Gasteiger partial charge in [-0.2, -0.15) is 4.98 Å². The van der Waals surface area contributed by atoms with E-state index in [1.54, 1.807) is 0 Å². The minimum absolute atomic E-state index is 0.0795. The summed E-state index contributed by atoms with van der Waals surface area (Å²) in [4.78, 5) is 28.8. The molecule has 0 saturated carbocycles. The molecule has 1 aliphatic heterocycles. The first-order valence-electron chi connectivity index (χ1n) is 11.8. The van der Waals surface area contributed by atoms with Gasteiger partial charge >= 0.3 is 18.1 Å². The Kier molecular flexibility index (Phi) is 9.03. The number of unbranched alkanes of at least 4 members (excludes halogenated alkanes) is 3. The van der Waals surface area contributed by atoms with Crippen LogP contribution in [-0.2, 0) is 25.4 Å². The van der Waals surface area contributed by atoms with E-state index in [0.717, 1.165) is 38.5 Å². The number of hydrogen-bond acceptors (Lipinski definition) is 7. The van der Waals surface area contributed by atoms with Crippen LogP contribution in [0.3, 0.4) is 0 Å². The van der Waals surface area contributed by atoms with Gasteiger partial charge in [0.1, 0.15) is 5.82 Å². The van der Waals surface area contributed by atoms with Crippen molar-refractivity contribution in [1.29, 1.82) is 0 Å². The lowest BCUT2D eigenvalue weighted by Crippen LogP contribution is -2.35. The molecule has 1 aliphatic rings. The zero-order valence-electron chi connectivity index (χ0n) is 19.6. The number of aryl methyl sites for hydroxylation is 1. The van der Waals surface area contributed by atoms with Crippen LogP contribution in [0.15, 0.2) is 47.4 Å². The van der Waals surface area contributed by atoms with Gasteiger partial charge < -0.3 is 15.2 Å². The number of nitrogens with two attached hydrogens (primary N) is 1. The third-order valence-electron chi connectivity index (χ3n) is 6.51. The number of carbonyl (C=O) groups is 1. The first-order valence-corrected chi connectivity index (χ1v) is 11.8. The van der Waals surface area contributed by atoms with Gasteiger partial charge in [-0.05, 0) is 43.7 Å². The van der Waals surface area contributed by atoms with Crippen molar-refractivity contribution in [3.8, 4) is 0 Å². The highest BCUT2D eigenvalue weighted by molar-refractivity contribution is 5.76. The zero-order chi connectivity index (χ0) is 23.7. The molecule has 0 amide bonds. The fourth-order valence-corrected chi connectivity index (χ4v) is 4.22. The summed E-state index contributed by atoms with van der Waals surface area (Å²) in [6.45, 7) is 2.96. The lowest BCUT2D eigenvalue weighted by Gasteiger charge is -2.30. The predicted octanol–water partition coefficient (Wildman–Crippen LogP) is 4.20. The Labute approximate surface area is 195 Å². The largest absolute Gasteiger partial charge is 0.410 e. The van der Waals surface area contributed by atoms with Gasteiger partial charge in [0, 0.05) is 6.20 Å². The third-order valence-corrected chi connectivity index (χ3v) is 6.51. The van der Waals surface area contributed by atoms with Crippen molar-refractivity contribution in [1.82, 2.24) is 9.55 Å². The van der Waals surface area contributed by atoms with Crippen molar-refractivity contribution in [3.05, 3.63) is 58.6 Å². The van der Waals surface area contributed by atoms with Crippen LogP contribution in [0.25, 0.3) is 0 Å². The molecular weight excluding hydrogens is 422 g/mol. The molecular formula is C25H35N3O5. The fraction of sp³-hybridized carbons (Fsp3) is 0.560. The summed E-state index contributed by atoms with van der Waals surface area (Å²) in [6.07, 6.45) is 8.31. The molecule has 2 atom stereocenters. The van der Waals surface area contributed by atoms with Gasteiger partial charge in [0.15, 0.2) is 6.23 Å². The lowest BCUT2D eigenvalue weighted by molar-refractivity contribution is -0.245. The Bertz CT molecular complexity index is 943. The van der Waals surface area contributed by atoms with Crippen molar-refractivity contribution in [2.24, 2.45) is 5.41 Å². The number of benzene rings is 1. The third kappa shape index (κ3) is 6.65. The number of carbonyl (C=O) groups excluding carboxylic acids is 1. The fourth-order valence-electron chi connectivity index (χ4n) is 4.22. The molecule has 2 heterocycles. The van der Waals surface area contributed by atoms with Gasteiger partial charge in [0.05, 0.1) is 12.0 Å². The number of rotatable bonds is 12. The van der Waals surface area contributed by atoms with Gasteiger partial charge in [-0.1, -0.05) is 63.4 Å². The molecule has 180 valence electrons. The van der Waals surface area contributed by atoms with Gasteiger partial charge in [-0.15, -0.1) is 0 Å².